The normalized spacial score (nSPS) is 47.2. The van der Waals surface area contributed by atoms with E-state index in [1.807, 2.05) is 13.8 Å². The van der Waals surface area contributed by atoms with Gasteiger partial charge in [-0.05, 0) is 31.8 Å². The van der Waals surface area contributed by atoms with Crippen molar-refractivity contribution in [2.75, 3.05) is 0 Å². The first kappa shape index (κ1) is 11.9. The van der Waals surface area contributed by atoms with Gasteiger partial charge in [0.1, 0.15) is 6.10 Å². The maximum Gasteiger partial charge on any atom is 0.309 e. The van der Waals surface area contributed by atoms with Crippen molar-refractivity contribution in [2.45, 2.75) is 39.7 Å². The molecule has 0 aromatic carbocycles. The molecule has 1 heterocycles. The van der Waals surface area contributed by atoms with Crippen molar-refractivity contribution < 1.29 is 14.3 Å². The minimum absolute atomic E-state index is 0.00977. The summed E-state index contributed by atoms with van der Waals surface area (Å²) in [4.78, 5) is 23.9. The van der Waals surface area contributed by atoms with Gasteiger partial charge < -0.3 is 4.74 Å². The van der Waals surface area contributed by atoms with E-state index in [1.165, 1.54) is 0 Å². The zero-order valence-corrected chi connectivity index (χ0v) is 11.2. The van der Waals surface area contributed by atoms with Crippen molar-refractivity contribution in [1.29, 1.82) is 0 Å². The zero-order chi connectivity index (χ0) is 13.0. The number of carbonyl (C=O) groups is 2. The standard InChI is InChI=1S/C15H20O3/c1-7-4-5-10-9(3)15(17)18-14(10)13-8(2)6-11(16)12(7)13/h6-7,9-10,12-14H,4-5H2,1-3H3. The number of carbonyl (C=O) groups excluding carboxylic acids is 2. The summed E-state index contributed by atoms with van der Waals surface area (Å²) < 4.78 is 5.61. The molecule has 3 rings (SSSR count). The minimum atomic E-state index is -0.0783. The largest absolute Gasteiger partial charge is 0.461 e. The van der Waals surface area contributed by atoms with E-state index in [4.69, 9.17) is 4.74 Å². The third kappa shape index (κ3) is 1.49. The Balaban J connectivity index is 2.00. The molecule has 3 heteroatoms. The van der Waals surface area contributed by atoms with Crippen LogP contribution >= 0.6 is 0 Å². The quantitative estimate of drug-likeness (QED) is 0.618. The summed E-state index contributed by atoms with van der Waals surface area (Å²) in [6.07, 6.45) is 3.73. The molecule has 0 spiro atoms. The molecule has 0 N–H and O–H groups in total. The molecule has 18 heavy (non-hydrogen) atoms. The second kappa shape index (κ2) is 3.94. The van der Waals surface area contributed by atoms with E-state index in [9.17, 15) is 9.59 Å². The summed E-state index contributed by atoms with van der Waals surface area (Å²) in [5.74, 6) is 1.01. The number of esters is 1. The van der Waals surface area contributed by atoms with Crippen LogP contribution in [0.2, 0.25) is 0 Å². The van der Waals surface area contributed by atoms with E-state index in [0.29, 0.717) is 11.8 Å². The zero-order valence-electron chi connectivity index (χ0n) is 11.2. The van der Waals surface area contributed by atoms with Crippen molar-refractivity contribution in [3.63, 3.8) is 0 Å². The molecule has 0 aromatic rings. The van der Waals surface area contributed by atoms with Crippen molar-refractivity contribution in [3.05, 3.63) is 11.6 Å². The SMILES string of the molecule is CC1=CC(=O)C2C(C)CCC3C(C)C(=O)OC3C12. The number of ketones is 1. The van der Waals surface area contributed by atoms with Gasteiger partial charge in [-0.3, -0.25) is 9.59 Å². The summed E-state index contributed by atoms with van der Waals surface area (Å²) in [7, 11) is 0. The lowest BCUT2D eigenvalue weighted by Crippen LogP contribution is -2.33. The van der Waals surface area contributed by atoms with E-state index >= 15 is 0 Å². The molecule has 3 nitrogen and oxygen atoms in total. The van der Waals surface area contributed by atoms with Gasteiger partial charge in [0.2, 0.25) is 0 Å². The molecular weight excluding hydrogens is 228 g/mol. The molecular formula is C15H20O3. The maximum absolute atomic E-state index is 12.1. The first-order chi connectivity index (χ1) is 8.50. The van der Waals surface area contributed by atoms with Crippen molar-refractivity contribution in [1.82, 2.24) is 0 Å². The average molecular weight is 248 g/mol. The minimum Gasteiger partial charge on any atom is -0.461 e. The number of ether oxygens (including phenoxy) is 1. The summed E-state index contributed by atoms with van der Waals surface area (Å²) in [6, 6.07) is 0. The van der Waals surface area contributed by atoms with E-state index in [-0.39, 0.29) is 35.6 Å². The molecule has 1 saturated carbocycles. The first-order valence-corrected chi connectivity index (χ1v) is 6.93. The van der Waals surface area contributed by atoms with E-state index < -0.39 is 0 Å². The average Bonchev–Trinajstić information content (AvgIpc) is 2.68. The van der Waals surface area contributed by atoms with E-state index in [1.54, 1.807) is 6.08 Å². The van der Waals surface area contributed by atoms with Crippen LogP contribution in [0, 0.1) is 29.6 Å². The van der Waals surface area contributed by atoms with Crippen LogP contribution in [0.15, 0.2) is 11.6 Å². The Hall–Kier alpha value is -1.12. The maximum atomic E-state index is 12.1. The van der Waals surface area contributed by atoms with Crippen LogP contribution in [0.4, 0.5) is 0 Å². The molecule has 1 aliphatic heterocycles. The van der Waals surface area contributed by atoms with Gasteiger partial charge in [-0.2, -0.15) is 0 Å². The fraction of sp³-hybridized carbons (Fsp3) is 0.733. The third-order valence-electron chi connectivity index (χ3n) is 5.22. The first-order valence-electron chi connectivity index (χ1n) is 6.93. The number of fused-ring (bicyclic) bond motifs is 3. The van der Waals surface area contributed by atoms with Crippen LogP contribution in [-0.2, 0) is 14.3 Å². The summed E-state index contributed by atoms with van der Waals surface area (Å²) in [5, 5.41) is 0. The Labute approximate surface area is 108 Å². The molecule has 2 aliphatic carbocycles. The lowest BCUT2D eigenvalue weighted by molar-refractivity contribution is -0.146. The lowest BCUT2D eigenvalue weighted by atomic mass is 9.77. The van der Waals surface area contributed by atoms with Crippen LogP contribution in [0.25, 0.3) is 0 Å². The fourth-order valence-corrected chi connectivity index (χ4v) is 4.15. The number of allylic oxidation sites excluding steroid dienone is 1. The van der Waals surface area contributed by atoms with Crippen molar-refractivity contribution >= 4 is 11.8 Å². The van der Waals surface area contributed by atoms with Gasteiger partial charge in [-0.25, -0.2) is 0 Å². The number of hydrogen-bond donors (Lipinski definition) is 0. The predicted molar refractivity (Wildman–Crippen MR) is 66.7 cm³/mol. The molecule has 0 bridgehead atoms. The highest BCUT2D eigenvalue weighted by atomic mass is 16.6. The lowest BCUT2D eigenvalue weighted by Gasteiger charge is -2.28. The van der Waals surface area contributed by atoms with Gasteiger partial charge in [0, 0.05) is 17.8 Å². The second-order valence-electron chi connectivity index (χ2n) is 6.25. The smallest absolute Gasteiger partial charge is 0.309 e. The second-order valence-corrected chi connectivity index (χ2v) is 6.25. The molecule has 3 aliphatic rings. The van der Waals surface area contributed by atoms with Crippen LogP contribution < -0.4 is 0 Å². The fourth-order valence-electron chi connectivity index (χ4n) is 4.15. The summed E-state index contributed by atoms with van der Waals surface area (Å²) in [5.41, 5.74) is 1.11. The molecule has 0 radical (unpaired) electrons. The molecule has 0 aromatic heterocycles. The van der Waals surface area contributed by atoms with Crippen molar-refractivity contribution in [3.8, 4) is 0 Å². The van der Waals surface area contributed by atoms with Crippen molar-refractivity contribution in [2.24, 2.45) is 29.6 Å². The Morgan fingerprint density at radius 2 is 1.89 bits per heavy atom. The molecule has 6 atom stereocenters. The highest BCUT2D eigenvalue weighted by Gasteiger charge is 2.53. The van der Waals surface area contributed by atoms with Gasteiger partial charge in [0.05, 0.1) is 5.92 Å². The van der Waals surface area contributed by atoms with Gasteiger partial charge in [-0.15, -0.1) is 0 Å². The molecule has 6 unspecified atom stereocenters. The Morgan fingerprint density at radius 3 is 2.61 bits per heavy atom. The Kier molecular flexibility index (Phi) is 2.61. The highest BCUT2D eigenvalue weighted by molar-refractivity contribution is 5.96. The van der Waals surface area contributed by atoms with Crippen LogP contribution in [0.1, 0.15) is 33.6 Å². The van der Waals surface area contributed by atoms with Crippen LogP contribution in [-0.4, -0.2) is 17.9 Å². The number of rotatable bonds is 0. The van der Waals surface area contributed by atoms with Crippen LogP contribution in [0.3, 0.4) is 0 Å². The van der Waals surface area contributed by atoms with Gasteiger partial charge >= 0.3 is 5.97 Å². The molecule has 2 fully saturated rings. The van der Waals surface area contributed by atoms with Crippen LogP contribution in [0.5, 0.6) is 0 Å². The summed E-state index contributed by atoms with van der Waals surface area (Å²) >= 11 is 0. The Morgan fingerprint density at radius 1 is 1.17 bits per heavy atom. The topological polar surface area (TPSA) is 43.4 Å². The molecule has 1 saturated heterocycles. The van der Waals surface area contributed by atoms with Gasteiger partial charge in [0.25, 0.3) is 0 Å². The predicted octanol–water partition coefficient (Wildman–Crippen LogP) is 2.36. The van der Waals surface area contributed by atoms with Gasteiger partial charge in [-0.1, -0.05) is 19.4 Å². The van der Waals surface area contributed by atoms with E-state index in [2.05, 4.69) is 6.92 Å². The monoisotopic (exact) mass is 248 g/mol. The molecule has 0 amide bonds. The Bertz CT molecular complexity index is 437. The summed E-state index contributed by atoms with van der Waals surface area (Å²) in [6.45, 7) is 6.14. The van der Waals surface area contributed by atoms with E-state index in [0.717, 1.165) is 18.4 Å². The highest BCUT2D eigenvalue weighted by Crippen LogP contribution is 2.49. The third-order valence-corrected chi connectivity index (χ3v) is 5.22. The van der Waals surface area contributed by atoms with Gasteiger partial charge in [0.15, 0.2) is 5.78 Å². The molecule has 98 valence electrons. The number of hydrogen-bond acceptors (Lipinski definition) is 3.